The van der Waals surface area contributed by atoms with Crippen molar-refractivity contribution in [1.29, 1.82) is 0 Å². The molecule has 104 valence electrons. The third-order valence-corrected chi connectivity index (χ3v) is 3.49. The molecule has 4 heteroatoms. The molecule has 0 spiro atoms. The first-order chi connectivity index (χ1) is 9.29. The fourth-order valence-electron chi connectivity index (χ4n) is 2.44. The van der Waals surface area contributed by atoms with Crippen molar-refractivity contribution in [3.05, 3.63) is 24.3 Å². The predicted octanol–water partition coefficient (Wildman–Crippen LogP) is 2.35. The van der Waals surface area contributed by atoms with Crippen LogP contribution in [0.25, 0.3) is 0 Å². The van der Waals surface area contributed by atoms with Crippen LogP contribution in [0.3, 0.4) is 0 Å². The van der Waals surface area contributed by atoms with Gasteiger partial charge >= 0.3 is 0 Å². The number of rotatable bonds is 4. The van der Waals surface area contributed by atoms with Crippen molar-refractivity contribution in [3.8, 4) is 0 Å². The normalized spacial score (nSPS) is 15.9. The van der Waals surface area contributed by atoms with Crippen LogP contribution in [-0.4, -0.2) is 25.5 Å². The minimum Gasteiger partial charge on any atom is -0.372 e. The zero-order chi connectivity index (χ0) is 13.5. The van der Waals surface area contributed by atoms with Crippen LogP contribution in [0, 0.1) is 0 Å². The van der Waals surface area contributed by atoms with Crippen LogP contribution in [0.4, 0.5) is 11.4 Å². The van der Waals surface area contributed by atoms with E-state index in [0.717, 1.165) is 18.8 Å². The highest BCUT2D eigenvalue weighted by Crippen LogP contribution is 2.21. The van der Waals surface area contributed by atoms with E-state index < -0.39 is 0 Å². The fourth-order valence-corrected chi connectivity index (χ4v) is 2.44. The number of nitrogens with one attached hydrogen (secondary N) is 1. The molecule has 0 aromatic heterocycles. The van der Waals surface area contributed by atoms with E-state index in [1.807, 2.05) is 12.1 Å². The van der Waals surface area contributed by atoms with Crippen LogP contribution in [-0.2, 0) is 4.79 Å². The van der Waals surface area contributed by atoms with Crippen molar-refractivity contribution in [2.24, 2.45) is 5.73 Å². The van der Waals surface area contributed by atoms with Gasteiger partial charge in [-0.2, -0.15) is 0 Å². The first kappa shape index (κ1) is 13.9. The van der Waals surface area contributed by atoms with Crippen LogP contribution in [0.1, 0.15) is 32.1 Å². The van der Waals surface area contributed by atoms with Crippen molar-refractivity contribution >= 4 is 17.3 Å². The van der Waals surface area contributed by atoms with Gasteiger partial charge in [-0.3, -0.25) is 4.79 Å². The molecule has 0 aliphatic carbocycles. The average molecular weight is 261 g/mol. The summed E-state index contributed by atoms with van der Waals surface area (Å²) in [7, 11) is 0. The van der Waals surface area contributed by atoms with Crippen molar-refractivity contribution in [2.75, 3.05) is 29.9 Å². The molecule has 4 nitrogen and oxygen atoms in total. The van der Waals surface area contributed by atoms with Gasteiger partial charge in [-0.05, 0) is 37.1 Å². The third kappa shape index (κ3) is 4.24. The van der Waals surface area contributed by atoms with Crippen molar-refractivity contribution < 1.29 is 4.79 Å². The van der Waals surface area contributed by atoms with E-state index in [1.165, 1.54) is 31.4 Å². The molecule has 3 N–H and O–H groups in total. The van der Waals surface area contributed by atoms with Gasteiger partial charge in [-0.1, -0.05) is 12.8 Å². The van der Waals surface area contributed by atoms with Crippen LogP contribution in [0.5, 0.6) is 0 Å². The SMILES string of the molecule is NCCC(=O)Nc1ccc(N2CCCCCC2)cc1. The van der Waals surface area contributed by atoms with Gasteiger partial charge in [0.05, 0.1) is 0 Å². The van der Waals surface area contributed by atoms with Crippen molar-refractivity contribution in [3.63, 3.8) is 0 Å². The summed E-state index contributed by atoms with van der Waals surface area (Å²) in [5.74, 6) is -0.0231. The fraction of sp³-hybridized carbons (Fsp3) is 0.533. The number of hydrogen-bond donors (Lipinski definition) is 2. The molecule has 1 fully saturated rings. The first-order valence-corrected chi connectivity index (χ1v) is 7.14. The molecule has 2 rings (SSSR count). The summed E-state index contributed by atoms with van der Waals surface area (Å²) in [6.45, 7) is 2.66. The zero-order valence-corrected chi connectivity index (χ0v) is 11.4. The smallest absolute Gasteiger partial charge is 0.225 e. The highest BCUT2D eigenvalue weighted by molar-refractivity contribution is 5.90. The van der Waals surface area contributed by atoms with Crippen LogP contribution < -0.4 is 16.0 Å². The molecule has 19 heavy (non-hydrogen) atoms. The Morgan fingerprint density at radius 1 is 1.11 bits per heavy atom. The maximum atomic E-state index is 11.4. The highest BCUT2D eigenvalue weighted by Gasteiger charge is 2.09. The zero-order valence-electron chi connectivity index (χ0n) is 11.4. The predicted molar refractivity (Wildman–Crippen MR) is 79.4 cm³/mol. The Bertz CT molecular complexity index is 394. The molecular formula is C15H23N3O. The summed E-state index contributed by atoms with van der Waals surface area (Å²) < 4.78 is 0. The topological polar surface area (TPSA) is 58.4 Å². The maximum absolute atomic E-state index is 11.4. The molecule has 1 saturated heterocycles. The van der Waals surface area contributed by atoms with E-state index in [-0.39, 0.29) is 5.91 Å². The molecule has 1 aliphatic rings. The molecule has 1 amide bonds. The largest absolute Gasteiger partial charge is 0.372 e. The number of amides is 1. The maximum Gasteiger partial charge on any atom is 0.225 e. The number of benzene rings is 1. The Hall–Kier alpha value is -1.55. The lowest BCUT2D eigenvalue weighted by Gasteiger charge is -2.22. The number of carbonyl (C=O) groups is 1. The number of nitrogens with zero attached hydrogens (tertiary/aromatic N) is 1. The summed E-state index contributed by atoms with van der Waals surface area (Å²) in [6.07, 6.45) is 5.59. The molecule has 0 radical (unpaired) electrons. The molecule has 0 unspecified atom stereocenters. The summed E-state index contributed by atoms with van der Waals surface area (Å²) in [5, 5.41) is 2.85. The Morgan fingerprint density at radius 2 is 1.74 bits per heavy atom. The van der Waals surface area contributed by atoms with Crippen LogP contribution in [0.2, 0.25) is 0 Å². The summed E-state index contributed by atoms with van der Waals surface area (Å²) >= 11 is 0. The second-order valence-corrected chi connectivity index (χ2v) is 5.03. The Morgan fingerprint density at radius 3 is 2.32 bits per heavy atom. The van der Waals surface area contributed by atoms with Crippen molar-refractivity contribution in [1.82, 2.24) is 0 Å². The average Bonchev–Trinajstić information content (AvgIpc) is 2.69. The molecule has 0 atom stereocenters. The lowest BCUT2D eigenvalue weighted by atomic mass is 10.2. The van der Waals surface area contributed by atoms with E-state index in [9.17, 15) is 4.79 Å². The molecule has 1 aromatic carbocycles. The standard InChI is InChI=1S/C15H23N3O/c16-10-9-15(19)17-13-5-7-14(8-6-13)18-11-3-1-2-4-12-18/h5-8H,1-4,9-12,16H2,(H,17,19). The van der Waals surface area contributed by atoms with Gasteiger partial charge < -0.3 is 16.0 Å². The van der Waals surface area contributed by atoms with E-state index in [0.29, 0.717) is 13.0 Å². The van der Waals surface area contributed by atoms with E-state index in [2.05, 4.69) is 22.3 Å². The number of hydrogen-bond acceptors (Lipinski definition) is 3. The van der Waals surface area contributed by atoms with E-state index in [1.54, 1.807) is 0 Å². The molecule has 0 bridgehead atoms. The molecule has 1 aliphatic heterocycles. The molecular weight excluding hydrogens is 238 g/mol. The monoisotopic (exact) mass is 261 g/mol. The van der Waals surface area contributed by atoms with Gasteiger partial charge in [-0.25, -0.2) is 0 Å². The van der Waals surface area contributed by atoms with Crippen LogP contribution in [0.15, 0.2) is 24.3 Å². The summed E-state index contributed by atoms with van der Waals surface area (Å²) in [6, 6.07) is 8.11. The molecule has 1 heterocycles. The Kier molecular flexibility index (Phi) is 5.21. The second-order valence-electron chi connectivity index (χ2n) is 5.03. The third-order valence-electron chi connectivity index (χ3n) is 3.49. The van der Waals surface area contributed by atoms with Gasteiger partial charge in [0.2, 0.25) is 5.91 Å². The van der Waals surface area contributed by atoms with Gasteiger partial charge in [-0.15, -0.1) is 0 Å². The Labute approximate surface area is 115 Å². The number of carbonyl (C=O) groups excluding carboxylic acids is 1. The summed E-state index contributed by atoms with van der Waals surface area (Å²) in [4.78, 5) is 13.9. The second kappa shape index (κ2) is 7.14. The van der Waals surface area contributed by atoms with Crippen LogP contribution >= 0.6 is 0 Å². The minimum absolute atomic E-state index is 0.0231. The highest BCUT2D eigenvalue weighted by atomic mass is 16.1. The van der Waals surface area contributed by atoms with Gasteiger partial charge in [0.1, 0.15) is 0 Å². The van der Waals surface area contributed by atoms with Gasteiger partial charge in [0.25, 0.3) is 0 Å². The number of anilines is 2. The molecule has 1 aromatic rings. The quantitative estimate of drug-likeness (QED) is 0.874. The number of nitrogens with two attached hydrogens (primary N) is 1. The van der Waals surface area contributed by atoms with E-state index in [4.69, 9.17) is 5.73 Å². The Balaban J connectivity index is 1.95. The molecule has 0 saturated carbocycles. The lowest BCUT2D eigenvalue weighted by molar-refractivity contribution is -0.116. The first-order valence-electron chi connectivity index (χ1n) is 7.14. The summed E-state index contributed by atoms with van der Waals surface area (Å²) in [5.41, 5.74) is 7.45. The van der Waals surface area contributed by atoms with Gasteiger partial charge in [0.15, 0.2) is 0 Å². The minimum atomic E-state index is -0.0231. The van der Waals surface area contributed by atoms with E-state index >= 15 is 0 Å². The van der Waals surface area contributed by atoms with Crippen molar-refractivity contribution in [2.45, 2.75) is 32.1 Å². The lowest BCUT2D eigenvalue weighted by Crippen LogP contribution is -2.23. The van der Waals surface area contributed by atoms with Gasteiger partial charge in [0, 0.05) is 37.4 Å².